The zero-order valence-electron chi connectivity index (χ0n) is 12.2. The van der Waals surface area contributed by atoms with Gasteiger partial charge in [-0.05, 0) is 31.2 Å². The summed E-state index contributed by atoms with van der Waals surface area (Å²) in [5.41, 5.74) is 2.29. The van der Waals surface area contributed by atoms with Crippen LogP contribution < -0.4 is 5.63 Å². The number of benzene rings is 2. The summed E-state index contributed by atoms with van der Waals surface area (Å²) in [5.74, 6) is 6.25. The number of hydrogen-bond acceptors (Lipinski definition) is 2. The lowest BCUT2D eigenvalue weighted by molar-refractivity contribution is 0.559. The summed E-state index contributed by atoms with van der Waals surface area (Å²) in [4.78, 5) is 12.2. The summed E-state index contributed by atoms with van der Waals surface area (Å²) in [5, 5.41) is 0.846. The first-order valence-electron chi connectivity index (χ1n) is 7.05. The van der Waals surface area contributed by atoms with Crippen molar-refractivity contribution in [2.45, 2.75) is 6.92 Å². The summed E-state index contributed by atoms with van der Waals surface area (Å²) >= 11 is 0. The minimum atomic E-state index is -0.367. The molecule has 106 valence electrons. The maximum Gasteiger partial charge on any atom is 0.344 e. The second kappa shape index (κ2) is 6.15. The smallest absolute Gasteiger partial charge is 0.344 e. The molecule has 0 atom stereocenters. The van der Waals surface area contributed by atoms with Crippen molar-refractivity contribution in [3.8, 4) is 11.8 Å². The fourth-order valence-electron chi connectivity index (χ4n) is 2.27. The van der Waals surface area contributed by atoms with Gasteiger partial charge in [0.25, 0.3) is 0 Å². The zero-order chi connectivity index (χ0) is 15.4. The highest BCUT2D eigenvalue weighted by molar-refractivity contribution is 5.87. The normalized spacial score (nSPS) is 10.6. The molecule has 0 spiro atoms. The standard InChI is InChI=1S/C20H14O2/c1-2-8-18-16(14-13-15-9-4-3-5-10-15)17-11-6-7-12-19(17)22-20(18)21/h2-12H,1H3/b8-2+. The molecule has 3 aromatic rings. The van der Waals surface area contributed by atoms with Crippen LogP contribution in [0, 0.1) is 11.8 Å². The van der Waals surface area contributed by atoms with Gasteiger partial charge in [0.1, 0.15) is 5.58 Å². The van der Waals surface area contributed by atoms with Crippen LogP contribution in [0.25, 0.3) is 17.0 Å². The second-order valence-electron chi connectivity index (χ2n) is 4.79. The zero-order valence-corrected chi connectivity index (χ0v) is 12.2. The Balaban J connectivity index is 2.29. The monoisotopic (exact) mass is 286 g/mol. The highest BCUT2D eigenvalue weighted by Crippen LogP contribution is 2.20. The Kier molecular flexibility index (Phi) is 3.89. The van der Waals surface area contributed by atoms with Crippen molar-refractivity contribution in [2.24, 2.45) is 0 Å². The average molecular weight is 286 g/mol. The molecule has 3 rings (SSSR count). The van der Waals surface area contributed by atoms with Crippen molar-refractivity contribution in [1.82, 2.24) is 0 Å². The molecular weight excluding hydrogens is 272 g/mol. The van der Waals surface area contributed by atoms with Crippen molar-refractivity contribution >= 4 is 17.0 Å². The first-order valence-corrected chi connectivity index (χ1v) is 7.05. The molecular formula is C20H14O2. The van der Waals surface area contributed by atoms with Gasteiger partial charge >= 0.3 is 5.63 Å². The number of para-hydroxylation sites is 1. The van der Waals surface area contributed by atoms with E-state index in [2.05, 4.69) is 11.8 Å². The Hall–Kier alpha value is -3.05. The third kappa shape index (κ3) is 2.70. The van der Waals surface area contributed by atoms with E-state index in [9.17, 15) is 4.79 Å². The molecule has 0 fully saturated rings. The van der Waals surface area contributed by atoms with Crippen LogP contribution in [0.1, 0.15) is 23.6 Å². The minimum Gasteiger partial charge on any atom is -0.422 e. The lowest BCUT2D eigenvalue weighted by atomic mass is 10.0. The molecule has 0 saturated carbocycles. The molecule has 1 aromatic heterocycles. The molecule has 0 bridgehead atoms. The van der Waals surface area contributed by atoms with Crippen LogP contribution in [0.4, 0.5) is 0 Å². The molecule has 2 aromatic carbocycles. The third-order valence-electron chi connectivity index (χ3n) is 3.29. The maximum atomic E-state index is 12.2. The van der Waals surface area contributed by atoms with Crippen LogP contribution in [0.5, 0.6) is 0 Å². The van der Waals surface area contributed by atoms with Crippen molar-refractivity contribution in [3.05, 3.63) is 87.8 Å². The van der Waals surface area contributed by atoms with Crippen LogP contribution >= 0.6 is 0 Å². The summed E-state index contributed by atoms with van der Waals surface area (Å²) in [6, 6.07) is 17.2. The molecule has 0 aliphatic rings. The fourth-order valence-corrected chi connectivity index (χ4v) is 2.27. The van der Waals surface area contributed by atoms with Gasteiger partial charge in [-0.25, -0.2) is 4.79 Å². The average Bonchev–Trinajstić information content (AvgIpc) is 2.56. The molecule has 0 radical (unpaired) electrons. The van der Waals surface area contributed by atoms with E-state index in [1.165, 1.54) is 0 Å². The van der Waals surface area contributed by atoms with Crippen LogP contribution in [-0.4, -0.2) is 0 Å². The Morgan fingerprint density at radius 3 is 2.45 bits per heavy atom. The van der Waals surface area contributed by atoms with Crippen molar-refractivity contribution in [3.63, 3.8) is 0 Å². The van der Waals surface area contributed by atoms with Gasteiger partial charge in [0.15, 0.2) is 0 Å². The molecule has 0 aliphatic heterocycles. The van der Waals surface area contributed by atoms with Crippen LogP contribution in [-0.2, 0) is 0 Å². The van der Waals surface area contributed by atoms with Gasteiger partial charge in [0.2, 0.25) is 0 Å². The fraction of sp³-hybridized carbons (Fsp3) is 0.0500. The topological polar surface area (TPSA) is 30.2 Å². The van der Waals surface area contributed by atoms with Gasteiger partial charge in [-0.1, -0.05) is 54.3 Å². The number of hydrogen-bond donors (Lipinski definition) is 0. The Morgan fingerprint density at radius 1 is 0.955 bits per heavy atom. The van der Waals surface area contributed by atoms with Crippen molar-refractivity contribution < 1.29 is 4.42 Å². The molecule has 2 heteroatoms. The number of rotatable bonds is 1. The maximum absolute atomic E-state index is 12.2. The Morgan fingerprint density at radius 2 is 1.68 bits per heavy atom. The SMILES string of the molecule is C/C=C/c1c(C#Cc2ccccc2)c2ccccc2oc1=O. The van der Waals surface area contributed by atoms with E-state index in [4.69, 9.17) is 4.42 Å². The largest absolute Gasteiger partial charge is 0.422 e. The Bertz CT molecular complexity index is 952. The van der Waals surface area contributed by atoms with E-state index < -0.39 is 0 Å². The lowest BCUT2D eigenvalue weighted by Crippen LogP contribution is -2.06. The van der Waals surface area contributed by atoms with Gasteiger partial charge < -0.3 is 4.42 Å². The summed E-state index contributed by atoms with van der Waals surface area (Å²) < 4.78 is 5.36. The van der Waals surface area contributed by atoms with Gasteiger partial charge in [-0.2, -0.15) is 0 Å². The van der Waals surface area contributed by atoms with Gasteiger partial charge in [-0.3, -0.25) is 0 Å². The summed E-state index contributed by atoms with van der Waals surface area (Å²) in [6.45, 7) is 1.86. The van der Waals surface area contributed by atoms with Crippen LogP contribution in [0.15, 0.2) is 69.9 Å². The molecule has 0 aliphatic carbocycles. The quantitative estimate of drug-likeness (QED) is 0.495. The number of allylic oxidation sites excluding steroid dienone is 1. The predicted octanol–water partition coefficient (Wildman–Crippen LogP) is 4.23. The lowest BCUT2D eigenvalue weighted by Gasteiger charge is -2.03. The molecule has 0 saturated heterocycles. The van der Waals surface area contributed by atoms with Gasteiger partial charge in [0, 0.05) is 10.9 Å². The summed E-state index contributed by atoms with van der Waals surface area (Å²) in [6.07, 6.45) is 3.56. The summed E-state index contributed by atoms with van der Waals surface area (Å²) in [7, 11) is 0. The molecule has 0 N–H and O–H groups in total. The van der Waals surface area contributed by atoms with Crippen LogP contribution in [0.2, 0.25) is 0 Å². The highest BCUT2D eigenvalue weighted by Gasteiger charge is 2.10. The van der Waals surface area contributed by atoms with E-state index >= 15 is 0 Å². The van der Waals surface area contributed by atoms with E-state index in [1.807, 2.05) is 61.5 Å². The van der Waals surface area contributed by atoms with Crippen molar-refractivity contribution in [1.29, 1.82) is 0 Å². The second-order valence-corrected chi connectivity index (χ2v) is 4.79. The minimum absolute atomic E-state index is 0.367. The van der Waals surface area contributed by atoms with E-state index in [0.717, 1.165) is 10.9 Å². The van der Waals surface area contributed by atoms with Gasteiger partial charge in [0.05, 0.1) is 11.1 Å². The molecule has 22 heavy (non-hydrogen) atoms. The van der Waals surface area contributed by atoms with Gasteiger partial charge in [-0.15, -0.1) is 0 Å². The highest BCUT2D eigenvalue weighted by atomic mass is 16.4. The van der Waals surface area contributed by atoms with E-state index in [0.29, 0.717) is 16.7 Å². The van der Waals surface area contributed by atoms with Crippen LogP contribution in [0.3, 0.4) is 0 Å². The van der Waals surface area contributed by atoms with E-state index in [1.54, 1.807) is 12.1 Å². The predicted molar refractivity (Wildman–Crippen MR) is 89.6 cm³/mol. The molecule has 0 amide bonds. The van der Waals surface area contributed by atoms with E-state index in [-0.39, 0.29) is 5.63 Å². The Labute approximate surface area is 128 Å². The molecule has 2 nitrogen and oxygen atoms in total. The molecule has 1 heterocycles. The first kappa shape index (κ1) is 13.9. The van der Waals surface area contributed by atoms with Crippen molar-refractivity contribution in [2.75, 3.05) is 0 Å². The third-order valence-corrected chi connectivity index (χ3v) is 3.29. The first-order chi connectivity index (χ1) is 10.8. The molecule has 0 unspecified atom stereocenters. The number of fused-ring (bicyclic) bond motifs is 1.